The van der Waals surface area contributed by atoms with Crippen molar-refractivity contribution in [1.82, 2.24) is 0 Å². The van der Waals surface area contributed by atoms with Crippen molar-refractivity contribution in [3.8, 4) is 17.2 Å². The smallest absolute Gasteiger partial charge is 0.171 e. The lowest BCUT2D eigenvalue weighted by molar-refractivity contribution is 0.411. The third kappa shape index (κ3) is 3.12. The molecule has 0 fully saturated rings. The number of ether oxygens (including phenoxy) is 1. The molecule has 0 radical (unpaired) electrons. The van der Waals surface area contributed by atoms with Gasteiger partial charge in [0.1, 0.15) is 5.75 Å². The average Bonchev–Trinajstić information content (AvgIpc) is 2.98. The highest BCUT2D eigenvalue weighted by molar-refractivity contribution is 6.35. The second-order valence-electron chi connectivity index (χ2n) is 4.81. The molecule has 0 aliphatic carbocycles. The average molecular weight is 357 g/mol. The minimum atomic E-state index is -0.0528. The van der Waals surface area contributed by atoms with E-state index in [9.17, 15) is 5.11 Å². The largest absolute Gasteiger partial charge is 0.504 e. The van der Waals surface area contributed by atoms with Crippen LogP contribution in [0.4, 0.5) is 5.69 Å². The predicted molar refractivity (Wildman–Crippen MR) is 90.8 cm³/mol. The lowest BCUT2D eigenvalue weighted by Crippen LogP contribution is -2.12. The molecule has 1 aliphatic rings. The van der Waals surface area contributed by atoms with E-state index in [1.165, 1.54) is 6.07 Å². The van der Waals surface area contributed by atoms with Crippen molar-refractivity contribution >= 4 is 40.5 Å². The molecule has 0 amide bonds. The van der Waals surface area contributed by atoms with Crippen LogP contribution in [0.15, 0.2) is 42.6 Å². The highest BCUT2D eigenvalue weighted by atomic mass is 35.5. The Morgan fingerprint density at radius 3 is 2.50 bits per heavy atom. The standard InChI is InChI=1S/C16H12Cl3NO2/c17-10-3-4-15(12(19)7-10)22-16-9-13(11(18)8-14(16)21)20-5-1-2-6-20/h1,3-5,7-9,21H,2,6H2. The first-order valence-corrected chi connectivity index (χ1v) is 7.77. The van der Waals surface area contributed by atoms with Crippen molar-refractivity contribution in [3.05, 3.63) is 57.7 Å². The van der Waals surface area contributed by atoms with E-state index >= 15 is 0 Å². The van der Waals surface area contributed by atoms with E-state index in [2.05, 4.69) is 6.08 Å². The number of hydrogen-bond donors (Lipinski definition) is 1. The SMILES string of the molecule is Oc1cc(Cl)c(N2C=CCC2)cc1Oc1ccc(Cl)cc1Cl. The first-order valence-electron chi connectivity index (χ1n) is 6.63. The number of phenols is 1. The molecule has 2 aromatic rings. The van der Waals surface area contributed by atoms with Crippen molar-refractivity contribution in [1.29, 1.82) is 0 Å². The van der Waals surface area contributed by atoms with E-state index in [0.29, 0.717) is 20.8 Å². The van der Waals surface area contributed by atoms with Gasteiger partial charge in [0.15, 0.2) is 11.5 Å². The minimum Gasteiger partial charge on any atom is -0.504 e. The number of aromatic hydroxyl groups is 1. The van der Waals surface area contributed by atoms with E-state index < -0.39 is 0 Å². The van der Waals surface area contributed by atoms with Gasteiger partial charge in [0.25, 0.3) is 0 Å². The second-order valence-corrected chi connectivity index (χ2v) is 6.07. The van der Waals surface area contributed by atoms with Gasteiger partial charge in [-0.1, -0.05) is 40.9 Å². The van der Waals surface area contributed by atoms with Gasteiger partial charge < -0.3 is 14.7 Å². The maximum atomic E-state index is 10.1. The Balaban J connectivity index is 1.96. The van der Waals surface area contributed by atoms with Crippen molar-refractivity contribution in [3.63, 3.8) is 0 Å². The number of hydrogen-bond acceptors (Lipinski definition) is 3. The summed E-state index contributed by atoms with van der Waals surface area (Å²) in [6, 6.07) is 8.05. The first-order chi connectivity index (χ1) is 10.5. The minimum absolute atomic E-state index is 0.0528. The van der Waals surface area contributed by atoms with Gasteiger partial charge >= 0.3 is 0 Å². The Morgan fingerprint density at radius 1 is 1.00 bits per heavy atom. The summed E-state index contributed by atoms with van der Waals surface area (Å²) in [6.45, 7) is 0.839. The summed E-state index contributed by atoms with van der Waals surface area (Å²) in [5.41, 5.74) is 0.772. The number of rotatable bonds is 3. The summed E-state index contributed by atoms with van der Waals surface area (Å²) in [4.78, 5) is 2.00. The Labute approximate surface area is 143 Å². The molecule has 0 aromatic heterocycles. The number of benzene rings is 2. The van der Waals surface area contributed by atoms with Gasteiger partial charge in [-0.2, -0.15) is 0 Å². The summed E-state index contributed by atoms with van der Waals surface area (Å²) in [5.74, 6) is 0.637. The fourth-order valence-electron chi connectivity index (χ4n) is 2.20. The topological polar surface area (TPSA) is 32.7 Å². The summed E-state index contributed by atoms with van der Waals surface area (Å²) in [7, 11) is 0. The zero-order valence-electron chi connectivity index (χ0n) is 11.4. The zero-order chi connectivity index (χ0) is 15.7. The molecule has 0 saturated heterocycles. The molecule has 2 aromatic carbocycles. The van der Waals surface area contributed by atoms with Gasteiger partial charge in [0.2, 0.25) is 0 Å². The van der Waals surface area contributed by atoms with Crippen LogP contribution in [-0.4, -0.2) is 11.7 Å². The van der Waals surface area contributed by atoms with Crippen LogP contribution in [-0.2, 0) is 0 Å². The molecule has 114 valence electrons. The van der Waals surface area contributed by atoms with E-state index in [1.54, 1.807) is 24.3 Å². The Hall–Kier alpha value is -1.55. The monoisotopic (exact) mass is 355 g/mol. The molecule has 3 rings (SSSR count). The number of nitrogens with zero attached hydrogens (tertiary/aromatic N) is 1. The summed E-state index contributed by atoms with van der Waals surface area (Å²) < 4.78 is 5.70. The van der Waals surface area contributed by atoms with Crippen LogP contribution in [0.25, 0.3) is 0 Å². The van der Waals surface area contributed by atoms with E-state index in [0.717, 1.165) is 18.7 Å². The predicted octanol–water partition coefficient (Wildman–Crippen LogP) is 5.87. The molecule has 0 bridgehead atoms. The zero-order valence-corrected chi connectivity index (χ0v) is 13.7. The highest BCUT2D eigenvalue weighted by Gasteiger charge is 2.16. The number of halogens is 3. The summed E-state index contributed by atoms with van der Waals surface area (Å²) in [6.07, 6.45) is 4.97. The van der Waals surface area contributed by atoms with Crippen molar-refractivity contribution in [2.45, 2.75) is 6.42 Å². The van der Waals surface area contributed by atoms with Gasteiger partial charge in [-0.15, -0.1) is 0 Å². The molecule has 0 spiro atoms. The van der Waals surface area contributed by atoms with E-state index in [4.69, 9.17) is 39.5 Å². The fourth-order valence-corrected chi connectivity index (χ4v) is 2.91. The molecular formula is C16H12Cl3NO2. The van der Waals surface area contributed by atoms with Gasteiger partial charge in [-0.25, -0.2) is 0 Å². The quantitative estimate of drug-likeness (QED) is 0.746. The Bertz CT molecular complexity index is 746. The molecule has 6 heteroatoms. The number of anilines is 1. The maximum absolute atomic E-state index is 10.1. The van der Waals surface area contributed by atoms with Crippen LogP contribution in [0.1, 0.15) is 6.42 Å². The van der Waals surface area contributed by atoms with Crippen LogP contribution in [0.3, 0.4) is 0 Å². The molecular weight excluding hydrogens is 345 g/mol. The summed E-state index contributed by atoms with van der Waals surface area (Å²) >= 11 is 18.2. The maximum Gasteiger partial charge on any atom is 0.171 e. The van der Waals surface area contributed by atoms with Crippen LogP contribution in [0.2, 0.25) is 15.1 Å². The van der Waals surface area contributed by atoms with Crippen molar-refractivity contribution in [2.75, 3.05) is 11.4 Å². The lowest BCUT2D eigenvalue weighted by atomic mass is 10.2. The Morgan fingerprint density at radius 2 is 1.82 bits per heavy atom. The van der Waals surface area contributed by atoms with Gasteiger partial charge in [-0.05, 0) is 24.6 Å². The van der Waals surface area contributed by atoms with E-state index in [1.807, 2.05) is 11.1 Å². The molecule has 0 saturated carbocycles. The summed E-state index contributed by atoms with van der Waals surface area (Å²) in [5, 5.41) is 11.4. The molecule has 0 unspecified atom stereocenters. The van der Waals surface area contributed by atoms with Crippen molar-refractivity contribution in [2.24, 2.45) is 0 Å². The van der Waals surface area contributed by atoms with Crippen molar-refractivity contribution < 1.29 is 9.84 Å². The molecule has 1 aliphatic heterocycles. The first kappa shape index (κ1) is 15.3. The lowest BCUT2D eigenvalue weighted by Gasteiger charge is -2.19. The molecule has 0 atom stereocenters. The fraction of sp³-hybridized carbons (Fsp3) is 0.125. The van der Waals surface area contributed by atoms with Gasteiger partial charge in [-0.3, -0.25) is 0 Å². The highest BCUT2D eigenvalue weighted by Crippen LogP contribution is 2.41. The van der Waals surface area contributed by atoms with Crippen LogP contribution in [0.5, 0.6) is 17.2 Å². The third-order valence-electron chi connectivity index (χ3n) is 3.27. The van der Waals surface area contributed by atoms with Gasteiger partial charge in [0.05, 0.1) is 15.7 Å². The normalized spacial score (nSPS) is 13.7. The van der Waals surface area contributed by atoms with Crippen LogP contribution in [0, 0.1) is 0 Å². The van der Waals surface area contributed by atoms with Crippen LogP contribution >= 0.6 is 34.8 Å². The van der Waals surface area contributed by atoms with Crippen LogP contribution < -0.4 is 9.64 Å². The van der Waals surface area contributed by atoms with Gasteiger partial charge in [0, 0.05) is 29.9 Å². The number of phenolic OH excluding ortho intramolecular Hbond substituents is 1. The van der Waals surface area contributed by atoms with E-state index in [-0.39, 0.29) is 11.5 Å². The second kappa shape index (κ2) is 6.29. The molecule has 3 nitrogen and oxygen atoms in total. The molecule has 22 heavy (non-hydrogen) atoms. The molecule has 1 heterocycles. The molecule has 1 N–H and O–H groups in total. The Kier molecular flexibility index (Phi) is 4.39. The third-order valence-corrected chi connectivity index (χ3v) is 4.11.